The molecule has 2 amide bonds. The maximum Gasteiger partial charge on any atom is 0.314 e. The first-order valence-corrected chi connectivity index (χ1v) is 7.40. The number of carbonyl (C=O) groups excluding carboxylic acids is 1. The van der Waals surface area contributed by atoms with Crippen LogP contribution >= 0.6 is 0 Å². The summed E-state index contributed by atoms with van der Waals surface area (Å²) >= 11 is 0. The number of hydrogen-bond acceptors (Lipinski definition) is 3. The van der Waals surface area contributed by atoms with E-state index in [9.17, 15) is 14.3 Å². The van der Waals surface area contributed by atoms with Crippen molar-refractivity contribution in [3.05, 3.63) is 35.6 Å². The summed E-state index contributed by atoms with van der Waals surface area (Å²) in [5, 5.41) is 24.3. The molecule has 1 unspecified atom stereocenters. The lowest BCUT2D eigenvalue weighted by Crippen LogP contribution is -2.38. The molecular weight excluding hydrogens is 287 g/mol. The van der Waals surface area contributed by atoms with Crippen LogP contribution in [0.3, 0.4) is 0 Å². The third kappa shape index (κ3) is 6.87. The molecule has 0 saturated heterocycles. The summed E-state index contributed by atoms with van der Waals surface area (Å²) < 4.78 is 12.8. The molecule has 4 N–H and O–H groups in total. The Hall–Kier alpha value is -1.66. The standard InChI is InChI=1S/C16H25FN2O3/c1-16(2,11-20)8-3-9-18-15(22)19-10-14(21)12-4-6-13(17)7-5-12/h4-7,14,20-21H,3,8-11H2,1-2H3,(H2,18,19,22). The van der Waals surface area contributed by atoms with E-state index >= 15 is 0 Å². The molecule has 1 rings (SSSR count). The molecule has 0 bridgehead atoms. The number of hydrogen-bond donors (Lipinski definition) is 4. The summed E-state index contributed by atoms with van der Waals surface area (Å²) in [5.41, 5.74) is 0.406. The van der Waals surface area contributed by atoms with Crippen LogP contribution in [0.5, 0.6) is 0 Å². The van der Waals surface area contributed by atoms with Crippen LogP contribution in [0.4, 0.5) is 9.18 Å². The number of halogens is 1. The SMILES string of the molecule is CC(C)(CO)CCCNC(=O)NCC(O)c1ccc(F)cc1. The third-order valence-corrected chi connectivity index (χ3v) is 3.45. The van der Waals surface area contributed by atoms with Gasteiger partial charge in [0.25, 0.3) is 0 Å². The number of urea groups is 1. The number of carbonyl (C=O) groups is 1. The zero-order valence-electron chi connectivity index (χ0n) is 13.1. The third-order valence-electron chi connectivity index (χ3n) is 3.45. The van der Waals surface area contributed by atoms with Gasteiger partial charge in [-0.3, -0.25) is 0 Å². The molecule has 0 aliphatic carbocycles. The van der Waals surface area contributed by atoms with Crippen LogP contribution in [0.15, 0.2) is 24.3 Å². The van der Waals surface area contributed by atoms with Gasteiger partial charge in [0.15, 0.2) is 0 Å². The Morgan fingerprint density at radius 1 is 1.27 bits per heavy atom. The topological polar surface area (TPSA) is 81.6 Å². The van der Waals surface area contributed by atoms with Crippen molar-refractivity contribution in [2.24, 2.45) is 5.41 Å². The summed E-state index contributed by atoms with van der Waals surface area (Å²) in [4.78, 5) is 11.6. The van der Waals surface area contributed by atoms with Crippen molar-refractivity contribution in [3.63, 3.8) is 0 Å². The molecule has 0 aliphatic rings. The van der Waals surface area contributed by atoms with Gasteiger partial charge in [-0.2, -0.15) is 0 Å². The fourth-order valence-corrected chi connectivity index (χ4v) is 1.90. The average Bonchev–Trinajstić information content (AvgIpc) is 2.50. The monoisotopic (exact) mass is 312 g/mol. The van der Waals surface area contributed by atoms with Crippen LogP contribution in [0.25, 0.3) is 0 Å². The summed E-state index contributed by atoms with van der Waals surface area (Å²) in [5.74, 6) is -0.368. The van der Waals surface area contributed by atoms with E-state index in [1.54, 1.807) is 0 Å². The van der Waals surface area contributed by atoms with Crippen molar-refractivity contribution >= 4 is 6.03 Å². The number of benzene rings is 1. The maximum absolute atomic E-state index is 12.8. The number of aliphatic hydroxyl groups is 2. The predicted octanol–water partition coefficient (Wildman–Crippen LogP) is 1.96. The molecule has 0 aromatic heterocycles. The smallest absolute Gasteiger partial charge is 0.314 e. The minimum absolute atomic E-state index is 0.0552. The molecule has 1 aromatic rings. The lowest BCUT2D eigenvalue weighted by Gasteiger charge is -2.21. The second-order valence-corrected chi connectivity index (χ2v) is 6.13. The van der Waals surface area contributed by atoms with Gasteiger partial charge in [-0.05, 0) is 36.0 Å². The Balaban J connectivity index is 2.21. The Morgan fingerprint density at radius 2 is 1.91 bits per heavy atom. The van der Waals surface area contributed by atoms with Crippen LogP contribution in [0, 0.1) is 11.2 Å². The fraction of sp³-hybridized carbons (Fsp3) is 0.562. The molecule has 6 heteroatoms. The van der Waals surface area contributed by atoms with Gasteiger partial charge in [0.1, 0.15) is 5.82 Å². The number of nitrogens with one attached hydrogen (secondary N) is 2. The van der Waals surface area contributed by atoms with Crippen molar-refractivity contribution in [2.45, 2.75) is 32.8 Å². The number of rotatable bonds is 8. The maximum atomic E-state index is 12.8. The average molecular weight is 312 g/mol. The fourth-order valence-electron chi connectivity index (χ4n) is 1.90. The second-order valence-electron chi connectivity index (χ2n) is 6.13. The molecular formula is C16H25FN2O3. The van der Waals surface area contributed by atoms with E-state index in [4.69, 9.17) is 5.11 Å². The lowest BCUT2D eigenvalue weighted by molar-refractivity contribution is 0.147. The van der Waals surface area contributed by atoms with Crippen LogP contribution in [0.2, 0.25) is 0 Å². The molecule has 0 heterocycles. The summed E-state index contributed by atoms with van der Waals surface area (Å²) in [7, 11) is 0. The zero-order valence-corrected chi connectivity index (χ0v) is 13.1. The van der Waals surface area contributed by atoms with E-state index in [0.717, 1.165) is 12.8 Å². The zero-order chi connectivity index (χ0) is 16.6. The molecule has 1 aromatic carbocycles. The lowest BCUT2D eigenvalue weighted by atomic mass is 9.89. The first-order chi connectivity index (χ1) is 10.3. The van der Waals surface area contributed by atoms with E-state index in [0.29, 0.717) is 12.1 Å². The van der Waals surface area contributed by atoms with Gasteiger partial charge in [-0.15, -0.1) is 0 Å². The second kappa shape index (κ2) is 8.70. The summed E-state index contributed by atoms with van der Waals surface area (Å²) in [6.45, 7) is 4.60. The first kappa shape index (κ1) is 18.4. The molecule has 0 aliphatic heterocycles. The molecule has 0 radical (unpaired) electrons. The first-order valence-electron chi connectivity index (χ1n) is 7.40. The highest BCUT2D eigenvalue weighted by atomic mass is 19.1. The van der Waals surface area contributed by atoms with E-state index in [1.807, 2.05) is 13.8 Å². The van der Waals surface area contributed by atoms with Crippen LogP contribution in [0.1, 0.15) is 38.4 Å². The molecule has 22 heavy (non-hydrogen) atoms. The van der Waals surface area contributed by atoms with Gasteiger partial charge >= 0.3 is 6.03 Å². The van der Waals surface area contributed by atoms with Crippen molar-refractivity contribution < 1.29 is 19.4 Å². The minimum atomic E-state index is -0.875. The Morgan fingerprint density at radius 3 is 2.50 bits per heavy atom. The van der Waals surface area contributed by atoms with Crippen molar-refractivity contribution in [2.75, 3.05) is 19.7 Å². The van der Waals surface area contributed by atoms with Crippen molar-refractivity contribution in [1.29, 1.82) is 0 Å². The largest absolute Gasteiger partial charge is 0.396 e. The molecule has 0 fully saturated rings. The van der Waals surface area contributed by atoms with E-state index in [2.05, 4.69) is 10.6 Å². The van der Waals surface area contributed by atoms with E-state index < -0.39 is 6.10 Å². The highest BCUT2D eigenvalue weighted by molar-refractivity contribution is 5.73. The normalized spacial score (nSPS) is 12.8. The molecule has 0 spiro atoms. The highest BCUT2D eigenvalue weighted by Crippen LogP contribution is 2.20. The van der Waals surface area contributed by atoms with Gasteiger partial charge < -0.3 is 20.8 Å². The quantitative estimate of drug-likeness (QED) is 0.554. The van der Waals surface area contributed by atoms with E-state index in [-0.39, 0.29) is 30.4 Å². The van der Waals surface area contributed by atoms with Gasteiger partial charge in [0.2, 0.25) is 0 Å². The summed E-state index contributed by atoms with van der Waals surface area (Å²) in [6.07, 6.45) is 0.698. The Labute approximate surface area is 130 Å². The van der Waals surface area contributed by atoms with Crippen LogP contribution < -0.4 is 10.6 Å². The van der Waals surface area contributed by atoms with Crippen molar-refractivity contribution in [3.8, 4) is 0 Å². The van der Waals surface area contributed by atoms with Gasteiger partial charge in [-0.25, -0.2) is 9.18 Å². The highest BCUT2D eigenvalue weighted by Gasteiger charge is 2.15. The van der Waals surface area contributed by atoms with E-state index in [1.165, 1.54) is 24.3 Å². The molecule has 5 nitrogen and oxygen atoms in total. The molecule has 0 saturated carbocycles. The van der Waals surface area contributed by atoms with Gasteiger partial charge in [0.05, 0.1) is 6.10 Å². The minimum Gasteiger partial charge on any atom is -0.396 e. The Bertz CT molecular complexity index is 463. The van der Waals surface area contributed by atoms with Crippen LogP contribution in [-0.2, 0) is 0 Å². The van der Waals surface area contributed by atoms with Crippen molar-refractivity contribution in [1.82, 2.24) is 10.6 Å². The summed E-state index contributed by atoms with van der Waals surface area (Å²) in [6, 6.07) is 5.14. The number of aliphatic hydroxyl groups excluding tert-OH is 2. The van der Waals surface area contributed by atoms with Crippen LogP contribution in [-0.4, -0.2) is 35.9 Å². The number of amides is 2. The van der Waals surface area contributed by atoms with Gasteiger partial charge in [0, 0.05) is 19.7 Å². The Kier molecular flexibility index (Phi) is 7.27. The van der Waals surface area contributed by atoms with Gasteiger partial charge in [-0.1, -0.05) is 26.0 Å². The predicted molar refractivity (Wildman–Crippen MR) is 82.9 cm³/mol. The molecule has 1 atom stereocenters. The molecule has 124 valence electrons.